The van der Waals surface area contributed by atoms with Gasteiger partial charge in [0.25, 0.3) is 5.91 Å². The van der Waals surface area contributed by atoms with Crippen molar-refractivity contribution < 1.29 is 14.7 Å². The van der Waals surface area contributed by atoms with E-state index in [2.05, 4.69) is 5.10 Å². The summed E-state index contributed by atoms with van der Waals surface area (Å²) in [6.07, 6.45) is 0. The summed E-state index contributed by atoms with van der Waals surface area (Å²) < 4.78 is 1.20. The minimum absolute atomic E-state index is 0.0828. The number of carbonyl (C=O) groups excluding carboxylic acids is 1. The number of carboxylic acids is 1. The molecule has 0 saturated heterocycles. The van der Waals surface area contributed by atoms with Crippen molar-refractivity contribution >= 4 is 22.6 Å². The van der Waals surface area contributed by atoms with Crippen LogP contribution in [0.1, 0.15) is 21.0 Å². The Balaban J connectivity index is 2.21. The summed E-state index contributed by atoms with van der Waals surface area (Å²) >= 11 is 0. The van der Waals surface area contributed by atoms with Gasteiger partial charge in [0, 0.05) is 6.07 Å². The first-order chi connectivity index (χ1) is 10.1. The van der Waals surface area contributed by atoms with Crippen LogP contribution < -0.4 is 5.73 Å². The molecule has 0 atom stereocenters. The van der Waals surface area contributed by atoms with E-state index in [4.69, 9.17) is 5.73 Å². The maximum atomic E-state index is 11.3. The first-order valence-corrected chi connectivity index (χ1v) is 6.18. The van der Waals surface area contributed by atoms with Crippen LogP contribution >= 0.6 is 0 Å². The number of hydrogen-bond donors (Lipinski definition) is 2. The lowest BCUT2D eigenvalue weighted by Crippen LogP contribution is -2.12. The number of hydrogen-bond acceptors (Lipinski definition) is 3. The van der Waals surface area contributed by atoms with Crippen LogP contribution in [-0.4, -0.2) is 26.8 Å². The van der Waals surface area contributed by atoms with E-state index in [1.807, 2.05) is 30.3 Å². The number of primary amides is 1. The van der Waals surface area contributed by atoms with Crippen molar-refractivity contribution in [2.75, 3.05) is 0 Å². The summed E-state index contributed by atoms with van der Waals surface area (Å²) in [6.45, 7) is 0. The average molecular weight is 281 g/mol. The molecule has 1 heterocycles. The molecule has 6 nitrogen and oxygen atoms in total. The number of amides is 1. The van der Waals surface area contributed by atoms with Crippen molar-refractivity contribution in [2.24, 2.45) is 5.73 Å². The zero-order chi connectivity index (χ0) is 15.0. The number of aromatic nitrogens is 2. The van der Waals surface area contributed by atoms with Gasteiger partial charge in [-0.3, -0.25) is 4.79 Å². The quantitative estimate of drug-likeness (QED) is 0.765. The normalized spacial score (nSPS) is 10.7. The lowest BCUT2D eigenvalue weighted by atomic mass is 10.1. The summed E-state index contributed by atoms with van der Waals surface area (Å²) in [5, 5.41) is 15.2. The van der Waals surface area contributed by atoms with E-state index in [1.54, 1.807) is 12.1 Å². The minimum Gasteiger partial charge on any atom is -0.477 e. The third-order valence-corrected chi connectivity index (χ3v) is 3.16. The average Bonchev–Trinajstić information content (AvgIpc) is 2.92. The molecular formula is C15H11N3O3. The molecule has 1 amide bonds. The van der Waals surface area contributed by atoms with Gasteiger partial charge in [-0.15, -0.1) is 0 Å². The Labute approximate surface area is 119 Å². The molecule has 0 aliphatic rings. The molecule has 0 bridgehead atoms. The fraction of sp³-hybridized carbons (Fsp3) is 0. The van der Waals surface area contributed by atoms with E-state index in [9.17, 15) is 14.7 Å². The van der Waals surface area contributed by atoms with Crippen LogP contribution in [0.3, 0.4) is 0 Å². The van der Waals surface area contributed by atoms with Crippen LogP contribution in [0.4, 0.5) is 0 Å². The number of carbonyl (C=O) groups is 2. The van der Waals surface area contributed by atoms with Crippen LogP contribution in [0.2, 0.25) is 0 Å². The van der Waals surface area contributed by atoms with Gasteiger partial charge in [-0.1, -0.05) is 30.3 Å². The van der Waals surface area contributed by atoms with E-state index in [0.29, 0.717) is 5.69 Å². The van der Waals surface area contributed by atoms with Gasteiger partial charge in [0.15, 0.2) is 11.4 Å². The summed E-state index contributed by atoms with van der Waals surface area (Å²) in [5.74, 6) is -1.94. The lowest BCUT2D eigenvalue weighted by Gasteiger charge is -2.06. The van der Waals surface area contributed by atoms with Gasteiger partial charge in [0.05, 0.1) is 5.69 Å². The standard InChI is InChI=1S/C15H11N3O3/c16-14(19)12-8-13(15(20)21)18(17-12)11-6-5-9-3-1-2-4-10(9)7-11/h1-8H,(H2,16,19)(H,20,21). The van der Waals surface area contributed by atoms with Crippen LogP contribution in [0, 0.1) is 0 Å². The molecule has 1 aromatic heterocycles. The largest absolute Gasteiger partial charge is 0.477 e. The fourth-order valence-electron chi connectivity index (χ4n) is 2.16. The van der Waals surface area contributed by atoms with Crippen LogP contribution in [-0.2, 0) is 0 Å². The van der Waals surface area contributed by atoms with Gasteiger partial charge in [-0.2, -0.15) is 5.10 Å². The molecule has 3 aromatic rings. The van der Waals surface area contributed by atoms with E-state index in [-0.39, 0.29) is 11.4 Å². The maximum absolute atomic E-state index is 11.3. The highest BCUT2D eigenvalue weighted by Crippen LogP contribution is 2.20. The minimum atomic E-state index is -1.18. The Morgan fingerprint density at radius 2 is 1.76 bits per heavy atom. The fourth-order valence-corrected chi connectivity index (χ4v) is 2.16. The Morgan fingerprint density at radius 1 is 1.05 bits per heavy atom. The lowest BCUT2D eigenvalue weighted by molar-refractivity contribution is 0.0687. The van der Waals surface area contributed by atoms with Crippen LogP contribution in [0.25, 0.3) is 16.5 Å². The van der Waals surface area contributed by atoms with Crippen LogP contribution in [0.5, 0.6) is 0 Å². The number of benzene rings is 2. The van der Waals surface area contributed by atoms with E-state index >= 15 is 0 Å². The smallest absolute Gasteiger partial charge is 0.354 e. The van der Waals surface area contributed by atoms with E-state index < -0.39 is 11.9 Å². The summed E-state index contributed by atoms with van der Waals surface area (Å²) in [7, 11) is 0. The third kappa shape index (κ3) is 2.23. The van der Waals surface area contributed by atoms with Crippen molar-refractivity contribution in [3.63, 3.8) is 0 Å². The number of nitrogens with zero attached hydrogens (tertiary/aromatic N) is 2. The Bertz CT molecular complexity index is 867. The Kier molecular flexibility index (Phi) is 2.91. The SMILES string of the molecule is NC(=O)c1cc(C(=O)O)n(-c2ccc3ccccc3c2)n1. The molecule has 0 saturated carbocycles. The number of carboxylic acid groups (broad SMARTS) is 1. The Morgan fingerprint density at radius 3 is 2.43 bits per heavy atom. The molecule has 6 heteroatoms. The molecule has 0 aliphatic carbocycles. The van der Waals surface area contributed by atoms with Crippen molar-refractivity contribution in [3.8, 4) is 5.69 Å². The molecule has 3 N–H and O–H groups in total. The maximum Gasteiger partial charge on any atom is 0.354 e. The topological polar surface area (TPSA) is 98.2 Å². The van der Waals surface area contributed by atoms with Gasteiger partial charge < -0.3 is 10.8 Å². The molecule has 0 fully saturated rings. The molecule has 3 rings (SSSR count). The zero-order valence-electron chi connectivity index (χ0n) is 10.9. The number of aromatic carboxylic acids is 1. The molecular weight excluding hydrogens is 270 g/mol. The zero-order valence-corrected chi connectivity index (χ0v) is 10.9. The van der Waals surface area contributed by atoms with Gasteiger partial charge in [0.2, 0.25) is 0 Å². The molecule has 0 unspecified atom stereocenters. The molecule has 2 aromatic carbocycles. The van der Waals surface area contributed by atoms with Crippen LogP contribution in [0.15, 0.2) is 48.5 Å². The highest BCUT2D eigenvalue weighted by molar-refractivity contribution is 5.95. The molecule has 0 radical (unpaired) electrons. The molecule has 21 heavy (non-hydrogen) atoms. The number of rotatable bonds is 3. The first kappa shape index (κ1) is 12.9. The predicted octanol–water partition coefficient (Wildman–Crippen LogP) is 1.82. The van der Waals surface area contributed by atoms with Crippen molar-refractivity contribution in [1.29, 1.82) is 0 Å². The van der Waals surface area contributed by atoms with Crippen molar-refractivity contribution in [2.45, 2.75) is 0 Å². The summed E-state index contributed by atoms with van der Waals surface area (Å²) in [4.78, 5) is 22.5. The first-order valence-electron chi connectivity index (χ1n) is 6.18. The third-order valence-electron chi connectivity index (χ3n) is 3.16. The van der Waals surface area contributed by atoms with Gasteiger partial charge in [0.1, 0.15) is 0 Å². The number of fused-ring (bicyclic) bond motifs is 1. The second-order valence-corrected chi connectivity index (χ2v) is 4.53. The second-order valence-electron chi connectivity index (χ2n) is 4.53. The molecule has 0 spiro atoms. The van der Waals surface area contributed by atoms with E-state index in [1.165, 1.54) is 10.7 Å². The Hall–Kier alpha value is -3.15. The summed E-state index contributed by atoms with van der Waals surface area (Å²) in [6, 6.07) is 14.3. The molecule has 104 valence electrons. The monoisotopic (exact) mass is 281 g/mol. The van der Waals surface area contributed by atoms with E-state index in [0.717, 1.165) is 10.8 Å². The van der Waals surface area contributed by atoms with Gasteiger partial charge in [-0.25, -0.2) is 9.48 Å². The number of nitrogens with two attached hydrogens (primary N) is 1. The van der Waals surface area contributed by atoms with Gasteiger partial charge in [-0.05, 0) is 22.9 Å². The second kappa shape index (κ2) is 4.75. The summed E-state index contributed by atoms with van der Waals surface area (Å²) in [5.41, 5.74) is 5.52. The highest BCUT2D eigenvalue weighted by atomic mass is 16.4. The van der Waals surface area contributed by atoms with Crippen molar-refractivity contribution in [1.82, 2.24) is 9.78 Å². The highest BCUT2D eigenvalue weighted by Gasteiger charge is 2.18. The molecule has 0 aliphatic heterocycles. The van der Waals surface area contributed by atoms with Crippen molar-refractivity contribution in [3.05, 3.63) is 59.9 Å². The predicted molar refractivity (Wildman–Crippen MR) is 76.5 cm³/mol. The van der Waals surface area contributed by atoms with Gasteiger partial charge >= 0.3 is 5.97 Å².